The van der Waals surface area contributed by atoms with Gasteiger partial charge < -0.3 is 15.0 Å². The molecular weight excluding hydrogens is 507 g/mol. The van der Waals surface area contributed by atoms with Crippen molar-refractivity contribution in [3.8, 4) is 5.75 Å². The van der Waals surface area contributed by atoms with Crippen LogP contribution in [-0.4, -0.2) is 60.8 Å². The average Bonchev–Trinajstić information content (AvgIpc) is 2.84. The first-order valence-electron chi connectivity index (χ1n) is 11.7. The third-order valence-electron chi connectivity index (χ3n) is 6.45. The Kier molecular flexibility index (Phi) is 7.98. The van der Waals surface area contributed by atoms with Crippen molar-refractivity contribution in [3.05, 3.63) is 72.4 Å². The van der Waals surface area contributed by atoms with Crippen LogP contribution < -0.4 is 10.1 Å². The van der Waals surface area contributed by atoms with E-state index in [1.54, 1.807) is 18.2 Å². The van der Waals surface area contributed by atoms with Crippen LogP contribution in [-0.2, 0) is 15.6 Å². The fraction of sp³-hybridized carbons (Fsp3) is 0.400. The quantitative estimate of drug-likeness (QED) is 0.453. The zero-order valence-corrected chi connectivity index (χ0v) is 21.2. The molecular formula is C25H28F3N5O3S. The lowest BCUT2D eigenvalue weighted by molar-refractivity contribution is -0.274. The van der Waals surface area contributed by atoms with Gasteiger partial charge in [-0.1, -0.05) is 12.1 Å². The van der Waals surface area contributed by atoms with Gasteiger partial charge in [-0.25, -0.2) is 23.4 Å². The molecule has 1 aromatic carbocycles. The molecule has 4 rings (SSSR count). The first-order chi connectivity index (χ1) is 17.5. The lowest BCUT2D eigenvalue weighted by Crippen LogP contribution is -2.47. The number of nitrogens with one attached hydrogen (secondary N) is 1. The summed E-state index contributed by atoms with van der Waals surface area (Å²) >= 11 is 0. The fourth-order valence-electron chi connectivity index (χ4n) is 4.68. The molecule has 2 aromatic heterocycles. The number of benzene rings is 1. The summed E-state index contributed by atoms with van der Waals surface area (Å²) in [5.74, 6) is 0.165. The Bertz CT molecular complexity index is 1290. The Balaban J connectivity index is 1.42. The smallest absolute Gasteiger partial charge is 0.406 e. The highest BCUT2D eigenvalue weighted by Crippen LogP contribution is 2.37. The van der Waals surface area contributed by atoms with E-state index in [0.717, 1.165) is 24.8 Å². The molecule has 198 valence electrons. The van der Waals surface area contributed by atoms with Crippen LogP contribution >= 0.6 is 0 Å². The lowest BCUT2D eigenvalue weighted by atomic mass is 9.78. The normalized spacial score (nSPS) is 20.5. The monoisotopic (exact) mass is 535 g/mol. The highest BCUT2D eigenvalue weighted by molar-refractivity contribution is 7.90. The maximum Gasteiger partial charge on any atom is 0.573 e. The van der Waals surface area contributed by atoms with E-state index in [2.05, 4.69) is 29.9 Å². The topological polar surface area (TPSA) is 97.3 Å². The van der Waals surface area contributed by atoms with Gasteiger partial charge >= 0.3 is 6.36 Å². The summed E-state index contributed by atoms with van der Waals surface area (Å²) in [6.07, 6.45) is 1.65. The maximum atomic E-state index is 12.7. The Morgan fingerprint density at radius 1 is 1.11 bits per heavy atom. The van der Waals surface area contributed by atoms with Gasteiger partial charge in [0, 0.05) is 24.5 Å². The Hall–Kier alpha value is -3.25. The van der Waals surface area contributed by atoms with Crippen LogP contribution in [0.5, 0.6) is 5.75 Å². The summed E-state index contributed by atoms with van der Waals surface area (Å²) in [7, 11) is 0.309. The molecule has 1 fully saturated rings. The number of rotatable bonds is 8. The van der Waals surface area contributed by atoms with Gasteiger partial charge in [-0.15, -0.1) is 13.2 Å². The Morgan fingerprint density at radius 2 is 1.92 bits per heavy atom. The van der Waals surface area contributed by atoms with E-state index in [-0.39, 0.29) is 34.4 Å². The highest BCUT2D eigenvalue weighted by atomic mass is 32.2. The van der Waals surface area contributed by atoms with Crippen LogP contribution in [0.3, 0.4) is 0 Å². The van der Waals surface area contributed by atoms with Crippen LogP contribution in [0.25, 0.3) is 0 Å². The number of pyridine rings is 1. The van der Waals surface area contributed by atoms with Gasteiger partial charge in [0.05, 0.1) is 16.3 Å². The minimum absolute atomic E-state index is 0.0248. The van der Waals surface area contributed by atoms with Crippen molar-refractivity contribution in [2.45, 2.75) is 54.3 Å². The summed E-state index contributed by atoms with van der Waals surface area (Å²) in [6, 6.07) is 11.0. The standard InChI is InChI=1S/C25H28F3N5O3S/c1-33(2)23-13-18(17-4-3-5-20(12-17)36-25(26,27)28)6-8-22(23)32-24-9-7-21(14-30-24)37(34,35)15-19-10-11-29-16-31-19/h3-5,7,9-12,14,16,18,22-23H,6,8,13,15H2,1-2H3,(H,30,32)/t18-,22-,23-/m0/s1. The molecule has 0 radical (unpaired) electrons. The number of likely N-dealkylation sites (N-methyl/N-ethyl adjacent to an activating group) is 1. The van der Waals surface area contributed by atoms with E-state index in [1.807, 2.05) is 20.2 Å². The molecule has 0 saturated heterocycles. The number of anilines is 1. The first kappa shape index (κ1) is 26.8. The van der Waals surface area contributed by atoms with Gasteiger partial charge in [0.15, 0.2) is 9.84 Å². The largest absolute Gasteiger partial charge is 0.573 e. The number of nitrogens with zero attached hydrogens (tertiary/aromatic N) is 4. The Labute approximate surface area is 213 Å². The maximum absolute atomic E-state index is 12.7. The molecule has 3 aromatic rings. The number of halogens is 3. The predicted octanol–water partition coefficient (Wildman–Crippen LogP) is 4.42. The van der Waals surface area contributed by atoms with Gasteiger partial charge in [0.1, 0.15) is 17.9 Å². The number of alkyl halides is 3. The number of sulfone groups is 1. The number of ether oxygens (including phenoxy) is 1. The highest BCUT2D eigenvalue weighted by Gasteiger charge is 2.34. The van der Waals surface area contributed by atoms with Crippen molar-refractivity contribution < 1.29 is 26.3 Å². The van der Waals surface area contributed by atoms with Crippen molar-refractivity contribution in [3.63, 3.8) is 0 Å². The number of hydrogen-bond acceptors (Lipinski definition) is 8. The van der Waals surface area contributed by atoms with Gasteiger partial charge in [0.25, 0.3) is 0 Å². The summed E-state index contributed by atoms with van der Waals surface area (Å²) in [5, 5.41) is 3.41. The van der Waals surface area contributed by atoms with E-state index < -0.39 is 16.2 Å². The van der Waals surface area contributed by atoms with Crippen LogP contribution in [0.1, 0.15) is 36.4 Å². The molecule has 0 aliphatic heterocycles. The van der Waals surface area contributed by atoms with Crippen molar-refractivity contribution in [2.75, 3.05) is 19.4 Å². The van der Waals surface area contributed by atoms with E-state index in [9.17, 15) is 21.6 Å². The molecule has 0 spiro atoms. The van der Waals surface area contributed by atoms with E-state index >= 15 is 0 Å². The van der Waals surface area contributed by atoms with Crippen molar-refractivity contribution in [1.82, 2.24) is 19.9 Å². The van der Waals surface area contributed by atoms with E-state index in [1.165, 1.54) is 36.9 Å². The van der Waals surface area contributed by atoms with Crippen molar-refractivity contribution >= 4 is 15.7 Å². The molecule has 37 heavy (non-hydrogen) atoms. The molecule has 0 bridgehead atoms. The number of aromatic nitrogens is 3. The summed E-state index contributed by atoms with van der Waals surface area (Å²) < 4.78 is 67.5. The van der Waals surface area contributed by atoms with E-state index in [0.29, 0.717) is 11.5 Å². The third-order valence-corrected chi connectivity index (χ3v) is 8.09. The predicted molar refractivity (Wildman–Crippen MR) is 132 cm³/mol. The van der Waals surface area contributed by atoms with E-state index in [4.69, 9.17) is 0 Å². The third kappa shape index (κ3) is 7.16. The van der Waals surface area contributed by atoms with Crippen LogP contribution in [0.2, 0.25) is 0 Å². The Morgan fingerprint density at radius 3 is 2.57 bits per heavy atom. The fourth-order valence-corrected chi connectivity index (χ4v) is 5.89. The van der Waals surface area contributed by atoms with Crippen molar-refractivity contribution in [2.24, 2.45) is 0 Å². The first-order valence-corrected chi connectivity index (χ1v) is 13.4. The SMILES string of the molecule is CN(C)[C@H]1C[C@@H](c2cccc(OC(F)(F)F)c2)CC[C@@H]1Nc1ccc(S(=O)(=O)Cc2ccncn2)cn1. The van der Waals surface area contributed by atoms with Crippen LogP contribution in [0, 0.1) is 0 Å². The second-order valence-electron chi connectivity index (χ2n) is 9.25. The molecule has 1 aliphatic rings. The van der Waals surface area contributed by atoms with Crippen molar-refractivity contribution in [1.29, 1.82) is 0 Å². The molecule has 0 amide bonds. The second kappa shape index (κ2) is 11.0. The summed E-state index contributed by atoms with van der Waals surface area (Å²) in [5.41, 5.74) is 1.21. The number of hydrogen-bond donors (Lipinski definition) is 1. The molecule has 0 unspecified atom stereocenters. The van der Waals surface area contributed by atoms with Gasteiger partial charge in [-0.2, -0.15) is 0 Å². The zero-order valence-electron chi connectivity index (χ0n) is 20.4. The molecule has 12 heteroatoms. The molecule has 1 N–H and O–H groups in total. The molecule has 1 saturated carbocycles. The lowest BCUT2D eigenvalue weighted by Gasteiger charge is -2.40. The average molecular weight is 536 g/mol. The van der Waals surface area contributed by atoms with Gasteiger partial charge in [-0.05, 0) is 75.2 Å². The minimum atomic E-state index is -4.73. The minimum Gasteiger partial charge on any atom is -0.406 e. The van der Waals surface area contributed by atoms with Gasteiger partial charge in [-0.3, -0.25) is 0 Å². The van der Waals surface area contributed by atoms with Crippen LogP contribution in [0.4, 0.5) is 19.0 Å². The molecule has 8 nitrogen and oxygen atoms in total. The summed E-state index contributed by atoms with van der Waals surface area (Å²) in [4.78, 5) is 14.3. The van der Waals surface area contributed by atoms with Gasteiger partial charge in [0.2, 0.25) is 0 Å². The summed E-state index contributed by atoms with van der Waals surface area (Å²) in [6.45, 7) is 0. The molecule has 1 aliphatic carbocycles. The molecule has 3 atom stereocenters. The zero-order chi connectivity index (χ0) is 26.6. The molecule has 2 heterocycles. The second-order valence-corrected chi connectivity index (χ2v) is 11.2. The van der Waals surface area contributed by atoms with Crippen LogP contribution in [0.15, 0.2) is 66.1 Å².